The van der Waals surface area contributed by atoms with Crippen LogP contribution in [0.5, 0.6) is 11.5 Å². The molecule has 2 N–H and O–H groups in total. The van der Waals surface area contributed by atoms with Crippen molar-refractivity contribution >= 4 is 44.4 Å². The Labute approximate surface area is 336 Å². The summed E-state index contributed by atoms with van der Waals surface area (Å²) in [4.78, 5) is 18.7. The molecule has 6 nitrogen and oxygen atoms in total. The number of rotatable bonds is 5. The Kier molecular flexibility index (Phi) is 7.94. The first-order chi connectivity index (χ1) is 27.4. The minimum atomic E-state index is 0.239. The van der Waals surface area contributed by atoms with Crippen molar-refractivity contribution in [1.82, 2.24) is 19.9 Å². The highest BCUT2D eigenvalue weighted by Gasteiger charge is 2.70. The third-order valence-corrected chi connectivity index (χ3v) is 15.0. The first kappa shape index (κ1) is 36.0. The molecule has 5 aromatic rings. The number of aryl methyl sites for hydroxylation is 4. The van der Waals surface area contributed by atoms with Crippen LogP contribution < -0.4 is 9.47 Å². The number of allylic oxidation sites excluding steroid dienone is 4. The summed E-state index contributed by atoms with van der Waals surface area (Å²) in [6.45, 7) is 17.9. The lowest BCUT2D eigenvalue weighted by atomic mass is 9.66. The van der Waals surface area contributed by atoms with Crippen LogP contribution in [0.3, 0.4) is 0 Å². The van der Waals surface area contributed by atoms with E-state index >= 15 is 0 Å². The zero-order valence-electron chi connectivity index (χ0n) is 35.3. The Bertz CT molecular complexity index is 2730. The SMILES string of the molecule is CCc1c(C)c2cc3nc(c(-c4ccc5c(c4)C[C@@]46Cc7c(OC)ccc(OC)c7C[C@]4(C5)C6)c4nc(cc5[nH]c(cc1[nH]2)c(CC)c5C)C(C)=C4C)C(C)=C3C. The molecule has 0 amide bonds. The van der Waals surface area contributed by atoms with Crippen molar-refractivity contribution in [2.75, 3.05) is 14.2 Å². The minimum absolute atomic E-state index is 0.239. The fourth-order valence-corrected chi connectivity index (χ4v) is 11.4. The van der Waals surface area contributed by atoms with Gasteiger partial charge in [0.1, 0.15) is 11.5 Å². The Morgan fingerprint density at radius 1 is 0.561 bits per heavy atom. The zero-order valence-corrected chi connectivity index (χ0v) is 35.3. The van der Waals surface area contributed by atoms with Crippen molar-refractivity contribution in [3.8, 4) is 22.6 Å². The predicted octanol–water partition coefficient (Wildman–Crippen LogP) is 11.9. The molecule has 2 atom stereocenters. The number of benzene rings is 2. The average molecular weight is 755 g/mol. The number of nitrogens with zero attached hydrogens (tertiary/aromatic N) is 2. The van der Waals surface area contributed by atoms with E-state index in [0.29, 0.717) is 0 Å². The lowest BCUT2D eigenvalue weighted by Gasteiger charge is -2.38. The Hall–Kier alpha value is -5.36. The number of ether oxygens (including phenoxy) is 2. The molecule has 1 saturated carbocycles. The quantitative estimate of drug-likeness (QED) is 0.187. The van der Waals surface area contributed by atoms with E-state index in [9.17, 15) is 0 Å². The molecule has 3 aliphatic carbocycles. The van der Waals surface area contributed by atoms with E-state index in [4.69, 9.17) is 19.4 Å². The highest BCUT2D eigenvalue weighted by Crippen LogP contribution is 2.75. The second kappa shape index (κ2) is 12.6. The largest absolute Gasteiger partial charge is 0.496 e. The van der Waals surface area contributed by atoms with Crippen molar-refractivity contribution in [1.29, 1.82) is 0 Å². The molecule has 3 aromatic heterocycles. The van der Waals surface area contributed by atoms with E-state index in [-0.39, 0.29) is 10.8 Å². The summed E-state index contributed by atoms with van der Waals surface area (Å²) in [6, 6.07) is 18.3. The molecular formula is C51H54N4O2. The molecular weight excluding hydrogens is 701 g/mol. The van der Waals surface area contributed by atoms with Gasteiger partial charge in [-0.15, -0.1) is 0 Å². The monoisotopic (exact) mass is 754 g/mol. The van der Waals surface area contributed by atoms with Crippen LogP contribution in [0.2, 0.25) is 0 Å². The molecule has 0 saturated heterocycles. The number of hydrogen-bond donors (Lipinski definition) is 2. The summed E-state index contributed by atoms with van der Waals surface area (Å²) >= 11 is 0. The lowest BCUT2D eigenvalue weighted by Crippen LogP contribution is -2.33. The van der Waals surface area contributed by atoms with E-state index in [1.807, 2.05) is 0 Å². The lowest BCUT2D eigenvalue weighted by molar-refractivity contribution is 0.274. The van der Waals surface area contributed by atoms with Crippen LogP contribution in [0.4, 0.5) is 0 Å². The summed E-state index contributed by atoms with van der Waals surface area (Å²) in [5.41, 5.74) is 27.2. The highest BCUT2D eigenvalue weighted by atomic mass is 16.5. The van der Waals surface area contributed by atoms with Gasteiger partial charge in [0.25, 0.3) is 0 Å². The van der Waals surface area contributed by atoms with Crippen LogP contribution in [-0.2, 0) is 38.5 Å². The van der Waals surface area contributed by atoms with Crippen molar-refractivity contribution in [3.05, 3.63) is 116 Å². The first-order valence-corrected chi connectivity index (χ1v) is 20.9. The van der Waals surface area contributed by atoms with Gasteiger partial charge in [0, 0.05) is 38.8 Å². The maximum absolute atomic E-state index is 5.94. The second-order valence-electron chi connectivity index (χ2n) is 17.7. The fraction of sp³-hybridized carbons (Fsp3) is 0.373. The number of aromatic nitrogens is 4. The van der Waals surface area contributed by atoms with Crippen LogP contribution in [0.15, 0.2) is 48.5 Å². The topological polar surface area (TPSA) is 75.8 Å². The van der Waals surface area contributed by atoms with Crippen molar-refractivity contribution < 1.29 is 9.47 Å². The Morgan fingerprint density at radius 2 is 1.05 bits per heavy atom. The summed E-state index contributed by atoms with van der Waals surface area (Å²) in [5, 5.41) is 0. The fourth-order valence-electron chi connectivity index (χ4n) is 11.4. The molecule has 5 aliphatic rings. The molecule has 0 unspecified atom stereocenters. The van der Waals surface area contributed by atoms with Gasteiger partial charge < -0.3 is 19.4 Å². The van der Waals surface area contributed by atoms with Gasteiger partial charge in [0.15, 0.2) is 0 Å². The molecule has 1 fully saturated rings. The van der Waals surface area contributed by atoms with Gasteiger partial charge >= 0.3 is 0 Å². The van der Waals surface area contributed by atoms with Crippen LogP contribution in [0.1, 0.15) is 115 Å². The predicted molar refractivity (Wildman–Crippen MR) is 235 cm³/mol. The molecule has 0 spiro atoms. The zero-order chi connectivity index (χ0) is 39.7. The number of fused-ring (bicyclic) bond motifs is 10. The smallest absolute Gasteiger partial charge is 0.122 e. The second-order valence-corrected chi connectivity index (χ2v) is 17.7. The van der Waals surface area contributed by atoms with Crippen LogP contribution >= 0.6 is 0 Å². The Morgan fingerprint density at radius 3 is 1.53 bits per heavy atom. The normalized spacial score (nSPS) is 20.6. The number of H-pyrrole nitrogens is 2. The highest BCUT2D eigenvalue weighted by molar-refractivity contribution is 6.01. The molecule has 5 heterocycles. The summed E-state index contributed by atoms with van der Waals surface area (Å²) in [7, 11) is 3.60. The summed E-state index contributed by atoms with van der Waals surface area (Å²) in [5.74, 6) is 2.00. The van der Waals surface area contributed by atoms with Crippen LogP contribution in [0.25, 0.3) is 55.5 Å². The standard InChI is InChI=1S/C51H54N4O2/c1-11-35-30(7)41-18-39-26(3)28(5)48(54-39)47(49-29(6)27(4)40(55-49)19-42-31(8)36(12-2)44(53-42)20-43(35)52-41)32-13-14-33-21-50-23-37-38(46(57-10)16-15-45(37)56-9)24-51(50,25-50)22-34(33)17-32/h13-20,52-53H,11-12,21-25H2,1-10H3/t50-,51+/m1/s1. The van der Waals surface area contributed by atoms with Gasteiger partial charge in [-0.2, -0.15) is 0 Å². The Balaban J connectivity index is 1.21. The molecule has 290 valence electrons. The minimum Gasteiger partial charge on any atom is -0.496 e. The molecule has 57 heavy (non-hydrogen) atoms. The number of aromatic amines is 2. The van der Waals surface area contributed by atoms with Crippen molar-refractivity contribution in [2.24, 2.45) is 10.8 Å². The van der Waals surface area contributed by atoms with E-state index < -0.39 is 0 Å². The van der Waals surface area contributed by atoms with Gasteiger partial charge in [0.05, 0.1) is 37.0 Å². The maximum atomic E-state index is 5.94. The molecule has 0 radical (unpaired) electrons. The van der Waals surface area contributed by atoms with Crippen LogP contribution in [-0.4, -0.2) is 34.2 Å². The van der Waals surface area contributed by atoms with Crippen molar-refractivity contribution in [2.45, 2.75) is 100 Å². The first-order valence-electron chi connectivity index (χ1n) is 20.9. The number of methoxy groups -OCH3 is 2. The van der Waals surface area contributed by atoms with Gasteiger partial charge in [-0.25, -0.2) is 9.97 Å². The van der Waals surface area contributed by atoms with E-state index in [1.165, 1.54) is 78.8 Å². The third kappa shape index (κ3) is 5.08. The maximum Gasteiger partial charge on any atom is 0.122 e. The number of nitrogens with one attached hydrogen (secondary N) is 2. The van der Waals surface area contributed by atoms with E-state index in [0.717, 1.165) is 100 Å². The molecule has 2 aliphatic heterocycles. The molecule has 6 heteroatoms. The van der Waals surface area contributed by atoms with Gasteiger partial charge in [-0.05, 0) is 189 Å². The van der Waals surface area contributed by atoms with Gasteiger partial charge in [-0.3, -0.25) is 0 Å². The number of hydrogen-bond acceptors (Lipinski definition) is 4. The van der Waals surface area contributed by atoms with Gasteiger partial charge in [-0.1, -0.05) is 32.0 Å². The van der Waals surface area contributed by atoms with E-state index in [1.54, 1.807) is 14.2 Å². The third-order valence-electron chi connectivity index (χ3n) is 15.0. The van der Waals surface area contributed by atoms with Crippen molar-refractivity contribution in [3.63, 3.8) is 0 Å². The summed E-state index contributed by atoms with van der Waals surface area (Å²) < 4.78 is 11.8. The summed E-state index contributed by atoms with van der Waals surface area (Å²) in [6.07, 6.45) is 7.39. The molecule has 2 aromatic carbocycles. The molecule has 8 bridgehead atoms. The van der Waals surface area contributed by atoms with E-state index in [2.05, 4.69) is 114 Å². The van der Waals surface area contributed by atoms with Gasteiger partial charge in [0.2, 0.25) is 0 Å². The van der Waals surface area contributed by atoms with Crippen LogP contribution in [0, 0.1) is 24.7 Å². The molecule has 10 rings (SSSR count). The average Bonchev–Trinajstić information content (AvgIpc) is 3.27.